The van der Waals surface area contributed by atoms with Crippen molar-refractivity contribution in [2.24, 2.45) is 0 Å². The van der Waals surface area contributed by atoms with Gasteiger partial charge in [-0.05, 0) is 39.3 Å². The topological polar surface area (TPSA) is 16.1 Å². The average Bonchev–Trinajstić information content (AvgIpc) is 2.26. The third kappa shape index (κ3) is 2.94. The summed E-state index contributed by atoms with van der Waals surface area (Å²) in [5.74, 6) is 2.79. The summed E-state index contributed by atoms with van der Waals surface area (Å²) in [5, 5.41) is 0. The number of rotatable bonds is 2. The summed E-state index contributed by atoms with van der Waals surface area (Å²) in [6.45, 7) is 10.9. The Morgan fingerprint density at radius 2 is 2.17 bits per heavy atom. The first-order chi connectivity index (χ1) is 8.43. The molecule has 0 amide bonds. The number of aromatic nitrogens is 1. The minimum Gasteiger partial charge on any atom is -0.354 e. The molecule has 1 fully saturated rings. The molecule has 2 rings (SSSR count). The van der Waals surface area contributed by atoms with Crippen LogP contribution in [0.2, 0.25) is 0 Å². The molecule has 0 N–H and O–H groups in total. The minimum absolute atomic E-state index is 0.293. The van der Waals surface area contributed by atoms with E-state index in [0.717, 1.165) is 30.4 Å². The third-order valence-electron chi connectivity index (χ3n) is 3.31. The van der Waals surface area contributed by atoms with Crippen LogP contribution in [0.4, 0.5) is 5.82 Å². The number of pyridine rings is 1. The van der Waals surface area contributed by atoms with Crippen molar-refractivity contribution in [2.45, 2.75) is 38.3 Å². The molecule has 4 heteroatoms. The van der Waals surface area contributed by atoms with Gasteiger partial charge in [0.1, 0.15) is 5.82 Å². The number of aryl methyl sites for hydroxylation is 2. The molecule has 1 aromatic heterocycles. The number of hydrogen-bond donors (Lipinski definition) is 0. The van der Waals surface area contributed by atoms with E-state index in [1.54, 1.807) is 0 Å². The molecule has 0 spiro atoms. The summed E-state index contributed by atoms with van der Waals surface area (Å²) in [4.78, 5) is 7.12. The first-order valence-electron chi connectivity index (χ1n) is 6.35. The molecule has 1 aromatic rings. The highest BCUT2D eigenvalue weighted by molar-refractivity contribution is 8.00. The molecule has 1 aliphatic rings. The first-order valence-corrected chi connectivity index (χ1v) is 7.87. The predicted octanol–water partition coefficient (Wildman–Crippen LogP) is 3.77. The van der Waals surface area contributed by atoms with Crippen LogP contribution in [0.1, 0.15) is 30.7 Å². The highest BCUT2D eigenvalue weighted by atomic mass is 35.5. The second-order valence-electron chi connectivity index (χ2n) is 5.55. The van der Waals surface area contributed by atoms with Gasteiger partial charge in [0.05, 0.1) is 5.88 Å². The van der Waals surface area contributed by atoms with Crippen LogP contribution in [0.3, 0.4) is 0 Å². The molecule has 18 heavy (non-hydrogen) atoms. The van der Waals surface area contributed by atoms with Gasteiger partial charge < -0.3 is 4.90 Å². The lowest BCUT2D eigenvalue weighted by atomic mass is 10.1. The Morgan fingerprint density at radius 1 is 1.44 bits per heavy atom. The van der Waals surface area contributed by atoms with Crippen LogP contribution < -0.4 is 4.90 Å². The molecule has 0 aliphatic carbocycles. The SMILES string of the molecule is Cc1cc(C)c(CCl)c(N2CCSC(C)(C)C2)n1. The molecule has 0 aromatic carbocycles. The van der Waals surface area contributed by atoms with Gasteiger partial charge in [-0.1, -0.05) is 0 Å². The maximum absolute atomic E-state index is 6.11. The summed E-state index contributed by atoms with van der Waals surface area (Å²) in [5.41, 5.74) is 3.51. The summed E-state index contributed by atoms with van der Waals surface area (Å²) >= 11 is 8.15. The second-order valence-corrected chi connectivity index (χ2v) is 7.62. The van der Waals surface area contributed by atoms with Crippen LogP contribution in [0.25, 0.3) is 0 Å². The van der Waals surface area contributed by atoms with Crippen LogP contribution in [0.5, 0.6) is 0 Å². The maximum atomic E-state index is 6.11. The van der Waals surface area contributed by atoms with Gasteiger partial charge in [-0.3, -0.25) is 0 Å². The standard InChI is InChI=1S/C14H21ClN2S/c1-10-7-11(2)16-13(12(10)8-15)17-5-6-18-14(3,4)9-17/h7H,5-6,8-9H2,1-4H3. The first kappa shape index (κ1) is 14.0. The van der Waals surface area contributed by atoms with E-state index in [4.69, 9.17) is 16.6 Å². The fourth-order valence-corrected chi connectivity index (χ4v) is 3.91. The lowest BCUT2D eigenvalue weighted by Crippen LogP contribution is -2.44. The van der Waals surface area contributed by atoms with Crippen molar-refractivity contribution in [3.63, 3.8) is 0 Å². The third-order valence-corrected chi connectivity index (χ3v) is 4.88. The zero-order valence-corrected chi connectivity index (χ0v) is 13.2. The van der Waals surface area contributed by atoms with E-state index in [9.17, 15) is 0 Å². The lowest BCUT2D eigenvalue weighted by molar-refractivity contribution is 0.640. The Morgan fingerprint density at radius 3 is 2.78 bits per heavy atom. The van der Waals surface area contributed by atoms with E-state index >= 15 is 0 Å². The highest BCUT2D eigenvalue weighted by Crippen LogP contribution is 2.34. The van der Waals surface area contributed by atoms with Crippen LogP contribution >= 0.6 is 23.4 Å². The number of halogens is 1. The van der Waals surface area contributed by atoms with Gasteiger partial charge in [0.2, 0.25) is 0 Å². The smallest absolute Gasteiger partial charge is 0.133 e. The largest absolute Gasteiger partial charge is 0.354 e. The number of thioether (sulfide) groups is 1. The van der Waals surface area contributed by atoms with E-state index in [2.05, 4.69) is 38.7 Å². The summed E-state index contributed by atoms with van der Waals surface area (Å²) in [6, 6.07) is 2.12. The summed E-state index contributed by atoms with van der Waals surface area (Å²) < 4.78 is 0.293. The average molecular weight is 285 g/mol. The fourth-order valence-electron chi connectivity index (χ4n) is 2.47. The molecule has 2 heterocycles. The molecule has 0 saturated carbocycles. The summed E-state index contributed by atoms with van der Waals surface area (Å²) in [6.07, 6.45) is 0. The molecule has 1 saturated heterocycles. The van der Waals surface area contributed by atoms with E-state index in [0.29, 0.717) is 10.6 Å². The van der Waals surface area contributed by atoms with Crippen molar-refractivity contribution in [1.82, 2.24) is 4.98 Å². The van der Waals surface area contributed by atoms with Crippen molar-refractivity contribution in [2.75, 3.05) is 23.7 Å². The van der Waals surface area contributed by atoms with Gasteiger partial charge in [0.25, 0.3) is 0 Å². The van der Waals surface area contributed by atoms with E-state index < -0.39 is 0 Å². The van der Waals surface area contributed by atoms with Crippen LogP contribution in [0.15, 0.2) is 6.07 Å². The second kappa shape index (κ2) is 5.30. The molecule has 0 atom stereocenters. The lowest BCUT2D eigenvalue weighted by Gasteiger charge is -2.39. The molecular formula is C14H21ClN2S. The molecule has 0 radical (unpaired) electrons. The van der Waals surface area contributed by atoms with Gasteiger partial charge >= 0.3 is 0 Å². The minimum atomic E-state index is 0.293. The van der Waals surface area contributed by atoms with Gasteiger partial charge in [0.15, 0.2) is 0 Å². The van der Waals surface area contributed by atoms with Crippen molar-refractivity contribution < 1.29 is 0 Å². The van der Waals surface area contributed by atoms with E-state index in [-0.39, 0.29) is 0 Å². The number of anilines is 1. The van der Waals surface area contributed by atoms with Crippen LogP contribution in [-0.2, 0) is 5.88 Å². The van der Waals surface area contributed by atoms with Crippen LogP contribution in [-0.4, -0.2) is 28.6 Å². The Labute approximate surface area is 119 Å². The molecule has 0 unspecified atom stereocenters. The number of alkyl halides is 1. The predicted molar refractivity (Wildman–Crippen MR) is 82.0 cm³/mol. The van der Waals surface area contributed by atoms with E-state index in [1.165, 1.54) is 11.1 Å². The summed E-state index contributed by atoms with van der Waals surface area (Å²) in [7, 11) is 0. The highest BCUT2D eigenvalue weighted by Gasteiger charge is 2.29. The molecule has 1 aliphatic heterocycles. The zero-order chi connectivity index (χ0) is 13.3. The van der Waals surface area contributed by atoms with Crippen molar-refractivity contribution >= 4 is 29.2 Å². The maximum Gasteiger partial charge on any atom is 0.133 e. The van der Waals surface area contributed by atoms with Gasteiger partial charge in [-0.25, -0.2) is 4.98 Å². The van der Waals surface area contributed by atoms with Crippen LogP contribution in [0, 0.1) is 13.8 Å². The van der Waals surface area contributed by atoms with Crippen molar-refractivity contribution in [3.05, 3.63) is 22.9 Å². The fraction of sp³-hybridized carbons (Fsp3) is 0.643. The van der Waals surface area contributed by atoms with Gasteiger partial charge in [-0.2, -0.15) is 11.8 Å². The number of nitrogens with zero attached hydrogens (tertiary/aromatic N) is 2. The van der Waals surface area contributed by atoms with Crippen molar-refractivity contribution in [3.8, 4) is 0 Å². The Balaban J connectivity index is 2.37. The molecule has 100 valence electrons. The molecule has 2 nitrogen and oxygen atoms in total. The van der Waals surface area contributed by atoms with E-state index in [1.807, 2.05) is 11.8 Å². The Bertz CT molecular complexity index is 446. The monoisotopic (exact) mass is 284 g/mol. The molecular weight excluding hydrogens is 264 g/mol. The molecule has 0 bridgehead atoms. The Kier molecular flexibility index (Phi) is 4.12. The van der Waals surface area contributed by atoms with Gasteiger partial charge in [0, 0.05) is 34.8 Å². The van der Waals surface area contributed by atoms with Crippen molar-refractivity contribution in [1.29, 1.82) is 0 Å². The zero-order valence-electron chi connectivity index (χ0n) is 11.6. The Hall–Kier alpha value is -0.410. The van der Waals surface area contributed by atoms with Gasteiger partial charge in [-0.15, -0.1) is 11.6 Å². The number of hydrogen-bond acceptors (Lipinski definition) is 3. The quantitative estimate of drug-likeness (QED) is 0.769. The normalized spacial score (nSPS) is 19.1.